The minimum Gasteiger partial charge on any atom is -0.384 e. The van der Waals surface area contributed by atoms with Crippen LogP contribution in [0.4, 0.5) is 5.69 Å². The Morgan fingerprint density at radius 1 is 1.29 bits per heavy atom. The molecule has 0 unspecified atom stereocenters. The summed E-state index contributed by atoms with van der Waals surface area (Å²) < 4.78 is 0. The highest BCUT2D eigenvalue weighted by molar-refractivity contribution is 5.61. The SMILES string of the molecule is CCC(C)(CC)NCc1cccc2c1NCC2. The molecular weight excluding hydrogens is 208 g/mol. The van der Waals surface area contributed by atoms with Crippen molar-refractivity contribution in [1.29, 1.82) is 0 Å². The van der Waals surface area contributed by atoms with E-state index in [1.54, 1.807) is 0 Å². The topological polar surface area (TPSA) is 24.1 Å². The van der Waals surface area contributed by atoms with Gasteiger partial charge in [-0.25, -0.2) is 0 Å². The summed E-state index contributed by atoms with van der Waals surface area (Å²) in [7, 11) is 0. The van der Waals surface area contributed by atoms with E-state index in [9.17, 15) is 0 Å². The van der Waals surface area contributed by atoms with Crippen molar-refractivity contribution in [2.75, 3.05) is 11.9 Å². The molecule has 1 aliphatic rings. The fraction of sp³-hybridized carbons (Fsp3) is 0.600. The molecule has 0 saturated carbocycles. The number of nitrogens with one attached hydrogen (secondary N) is 2. The van der Waals surface area contributed by atoms with E-state index in [4.69, 9.17) is 0 Å². The monoisotopic (exact) mass is 232 g/mol. The van der Waals surface area contributed by atoms with E-state index < -0.39 is 0 Å². The first-order valence-corrected chi connectivity index (χ1v) is 6.78. The molecule has 1 aromatic rings. The molecule has 0 spiro atoms. The maximum Gasteiger partial charge on any atom is 0.0419 e. The molecule has 0 amide bonds. The summed E-state index contributed by atoms with van der Waals surface area (Å²) in [5.41, 5.74) is 4.52. The largest absolute Gasteiger partial charge is 0.384 e. The van der Waals surface area contributed by atoms with Crippen molar-refractivity contribution in [2.45, 2.75) is 52.1 Å². The predicted octanol–water partition coefficient (Wildman–Crippen LogP) is 3.32. The minimum atomic E-state index is 0.265. The van der Waals surface area contributed by atoms with Crippen molar-refractivity contribution in [3.8, 4) is 0 Å². The van der Waals surface area contributed by atoms with Gasteiger partial charge < -0.3 is 10.6 Å². The van der Waals surface area contributed by atoms with Crippen LogP contribution < -0.4 is 10.6 Å². The zero-order valence-electron chi connectivity index (χ0n) is 11.3. The van der Waals surface area contributed by atoms with E-state index in [2.05, 4.69) is 49.6 Å². The number of hydrogen-bond acceptors (Lipinski definition) is 2. The number of fused-ring (bicyclic) bond motifs is 1. The summed E-state index contributed by atoms with van der Waals surface area (Å²) in [6.07, 6.45) is 3.51. The highest BCUT2D eigenvalue weighted by Gasteiger charge is 2.20. The van der Waals surface area contributed by atoms with Gasteiger partial charge in [-0.3, -0.25) is 0 Å². The molecule has 0 bridgehead atoms. The van der Waals surface area contributed by atoms with E-state index in [-0.39, 0.29) is 5.54 Å². The summed E-state index contributed by atoms with van der Waals surface area (Å²) in [6, 6.07) is 6.64. The molecule has 2 heteroatoms. The molecule has 17 heavy (non-hydrogen) atoms. The number of rotatable bonds is 5. The Kier molecular flexibility index (Phi) is 3.72. The summed E-state index contributed by atoms with van der Waals surface area (Å²) in [4.78, 5) is 0. The van der Waals surface area contributed by atoms with Crippen molar-refractivity contribution in [1.82, 2.24) is 5.32 Å². The van der Waals surface area contributed by atoms with Crippen LogP contribution >= 0.6 is 0 Å². The summed E-state index contributed by atoms with van der Waals surface area (Å²) in [5.74, 6) is 0. The lowest BCUT2D eigenvalue weighted by atomic mass is 9.95. The van der Waals surface area contributed by atoms with Crippen molar-refractivity contribution < 1.29 is 0 Å². The third-order valence-corrected chi connectivity index (χ3v) is 4.20. The fourth-order valence-electron chi connectivity index (χ4n) is 2.37. The summed E-state index contributed by atoms with van der Waals surface area (Å²) in [5, 5.41) is 7.20. The number of hydrogen-bond donors (Lipinski definition) is 2. The minimum absolute atomic E-state index is 0.265. The summed E-state index contributed by atoms with van der Waals surface area (Å²) in [6.45, 7) is 8.87. The van der Waals surface area contributed by atoms with Gasteiger partial charge in [0.25, 0.3) is 0 Å². The lowest BCUT2D eigenvalue weighted by Gasteiger charge is -2.29. The van der Waals surface area contributed by atoms with E-state index >= 15 is 0 Å². The molecular formula is C15H24N2. The van der Waals surface area contributed by atoms with Crippen LogP contribution in [0.5, 0.6) is 0 Å². The average molecular weight is 232 g/mol. The van der Waals surface area contributed by atoms with E-state index in [1.165, 1.54) is 36.1 Å². The fourth-order valence-corrected chi connectivity index (χ4v) is 2.37. The smallest absolute Gasteiger partial charge is 0.0419 e. The van der Waals surface area contributed by atoms with Gasteiger partial charge in [-0.2, -0.15) is 0 Å². The molecule has 0 aliphatic carbocycles. The van der Waals surface area contributed by atoms with Crippen molar-refractivity contribution >= 4 is 5.69 Å². The molecule has 1 aliphatic heterocycles. The molecule has 94 valence electrons. The van der Waals surface area contributed by atoms with Gasteiger partial charge in [-0.1, -0.05) is 32.0 Å². The van der Waals surface area contributed by atoms with Crippen LogP contribution in [0, 0.1) is 0 Å². The van der Waals surface area contributed by atoms with E-state index in [0.717, 1.165) is 13.1 Å². The maximum absolute atomic E-state index is 3.70. The first kappa shape index (κ1) is 12.4. The molecule has 1 aromatic carbocycles. The third kappa shape index (κ3) is 2.63. The van der Waals surface area contributed by atoms with Gasteiger partial charge in [0.15, 0.2) is 0 Å². The number of para-hydroxylation sites is 1. The zero-order chi connectivity index (χ0) is 12.3. The quantitative estimate of drug-likeness (QED) is 0.813. The van der Waals surface area contributed by atoms with E-state index in [0.29, 0.717) is 0 Å². The van der Waals surface area contributed by atoms with Crippen LogP contribution in [0.2, 0.25) is 0 Å². The molecule has 0 aromatic heterocycles. The molecule has 1 heterocycles. The van der Waals surface area contributed by atoms with Crippen molar-refractivity contribution in [2.24, 2.45) is 0 Å². The second-order valence-corrected chi connectivity index (χ2v) is 5.25. The van der Waals surface area contributed by atoms with Crippen LogP contribution in [0.1, 0.15) is 44.7 Å². The van der Waals surface area contributed by atoms with Gasteiger partial charge in [0, 0.05) is 24.3 Å². The van der Waals surface area contributed by atoms with Gasteiger partial charge in [0.1, 0.15) is 0 Å². The number of anilines is 1. The lowest BCUT2D eigenvalue weighted by molar-refractivity contribution is 0.329. The van der Waals surface area contributed by atoms with Gasteiger partial charge in [-0.05, 0) is 37.3 Å². The predicted molar refractivity (Wildman–Crippen MR) is 74.5 cm³/mol. The van der Waals surface area contributed by atoms with E-state index in [1.807, 2.05) is 0 Å². The van der Waals surface area contributed by atoms with Crippen LogP contribution in [0.3, 0.4) is 0 Å². The van der Waals surface area contributed by atoms with Crippen LogP contribution in [-0.2, 0) is 13.0 Å². The molecule has 0 fully saturated rings. The Morgan fingerprint density at radius 3 is 2.76 bits per heavy atom. The first-order chi connectivity index (χ1) is 8.18. The molecule has 0 atom stereocenters. The highest BCUT2D eigenvalue weighted by Crippen LogP contribution is 2.27. The van der Waals surface area contributed by atoms with Gasteiger partial charge in [0.05, 0.1) is 0 Å². The van der Waals surface area contributed by atoms with Crippen molar-refractivity contribution in [3.63, 3.8) is 0 Å². The Bertz CT molecular complexity index is 381. The molecule has 2 N–H and O–H groups in total. The van der Waals surface area contributed by atoms with Gasteiger partial charge in [0.2, 0.25) is 0 Å². The number of benzene rings is 1. The average Bonchev–Trinajstić information content (AvgIpc) is 2.84. The Labute approximate surface area is 105 Å². The van der Waals surface area contributed by atoms with Crippen LogP contribution in [0.15, 0.2) is 18.2 Å². The molecule has 2 nitrogen and oxygen atoms in total. The molecule has 0 radical (unpaired) electrons. The van der Waals surface area contributed by atoms with Crippen LogP contribution in [0.25, 0.3) is 0 Å². The normalized spacial score (nSPS) is 14.5. The Morgan fingerprint density at radius 2 is 2.06 bits per heavy atom. The van der Waals surface area contributed by atoms with Crippen molar-refractivity contribution in [3.05, 3.63) is 29.3 Å². The second kappa shape index (κ2) is 5.09. The second-order valence-electron chi connectivity index (χ2n) is 5.25. The highest BCUT2D eigenvalue weighted by atomic mass is 15.0. The Balaban J connectivity index is 2.07. The lowest BCUT2D eigenvalue weighted by Crippen LogP contribution is -2.40. The van der Waals surface area contributed by atoms with Gasteiger partial charge >= 0.3 is 0 Å². The Hall–Kier alpha value is -1.02. The summed E-state index contributed by atoms with van der Waals surface area (Å²) >= 11 is 0. The van der Waals surface area contributed by atoms with Gasteiger partial charge in [-0.15, -0.1) is 0 Å². The molecule has 0 saturated heterocycles. The van der Waals surface area contributed by atoms with Crippen LogP contribution in [-0.4, -0.2) is 12.1 Å². The molecule has 2 rings (SSSR count). The zero-order valence-corrected chi connectivity index (χ0v) is 11.3. The maximum atomic E-state index is 3.70. The standard InChI is InChI=1S/C15H24N2/c1-4-15(3,5-2)17-11-13-8-6-7-12-9-10-16-14(12)13/h6-8,16-17H,4-5,9-11H2,1-3H3. The first-order valence-electron chi connectivity index (χ1n) is 6.78. The third-order valence-electron chi connectivity index (χ3n) is 4.20.